The Morgan fingerprint density at radius 3 is 3.05 bits per heavy atom. The van der Waals surface area contributed by atoms with E-state index in [9.17, 15) is 9.59 Å². The maximum atomic E-state index is 12.3. The van der Waals surface area contributed by atoms with Crippen LogP contribution in [0, 0.1) is 6.92 Å². The summed E-state index contributed by atoms with van der Waals surface area (Å²) in [6.45, 7) is 2.02. The quantitative estimate of drug-likeness (QED) is 0.882. The van der Waals surface area contributed by atoms with Crippen molar-refractivity contribution in [3.05, 3.63) is 47.3 Å². The summed E-state index contributed by atoms with van der Waals surface area (Å²) in [6, 6.07) is 8.19. The van der Waals surface area contributed by atoms with Crippen LogP contribution in [0.25, 0.3) is 0 Å². The minimum Gasteiger partial charge on any atom is -0.490 e. The van der Waals surface area contributed by atoms with Gasteiger partial charge in [0.25, 0.3) is 0 Å². The number of fused-ring (bicyclic) bond motifs is 1. The smallest absolute Gasteiger partial charge is 0.226 e. The van der Waals surface area contributed by atoms with Gasteiger partial charge in [0, 0.05) is 5.69 Å². The van der Waals surface area contributed by atoms with E-state index in [1.165, 1.54) is 0 Å². The Labute approximate surface area is 121 Å². The van der Waals surface area contributed by atoms with E-state index in [2.05, 4.69) is 15.5 Å². The van der Waals surface area contributed by atoms with Crippen molar-refractivity contribution >= 4 is 11.7 Å². The van der Waals surface area contributed by atoms with Crippen molar-refractivity contribution in [1.29, 1.82) is 0 Å². The topological polar surface area (TPSA) is 84.1 Å². The first-order valence-corrected chi connectivity index (χ1v) is 6.70. The molecule has 1 amide bonds. The van der Waals surface area contributed by atoms with Crippen molar-refractivity contribution in [2.45, 2.75) is 19.4 Å². The average Bonchev–Trinajstić information content (AvgIpc) is 2.87. The van der Waals surface area contributed by atoms with E-state index >= 15 is 0 Å². The number of aryl methyl sites for hydroxylation is 1. The molecule has 1 aromatic carbocycles. The van der Waals surface area contributed by atoms with Crippen molar-refractivity contribution in [3.63, 3.8) is 0 Å². The second-order valence-corrected chi connectivity index (χ2v) is 5.01. The molecule has 0 unspecified atom stereocenters. The molecule has 1 aromatic heterocycles. The molecule has 6 heteroatoms. The molecule has 6 nitrogen and oxygen atoms in total. The van der Waals surface area contributed by atoms with E-state index in [1.54, 1.807) is 24.3 Å². The predicted octanol–water partition coefficient (Wildman–Crippen LogP) is 1.02. The molecule has 0 saturated heterocycles. The van der Waals surface area contributed by atoms with Crippen molar-refractivity contribution < 1.29 is 14.3 Å². The molecule has 1 atom stereocenters. The van der Waals surface area contributed by atoms with E-state index in [0.717, 1.165) is 5.69 Å². The number of ketones is 1. The number of ether oxygens (including phenoxy) is 1. The third kappa shape index (κ3) is 2.79. The lowest BCUT2D eigenvalue weighted by Crippen LogP contribution is -2.47. The molecular weight excluding hydrogens is 270 g/mol. The van der Waals surface area contributed by atoms with Gasteiger partial charge in [-0.2, -0.15) is 5.10 Å². The Balaban J connectivity index is 1.66. The number of nitrogens with one attached hydrogen (secondary N) is 2. The van der Waals surface area contributed by atoms with Crippen molar-refractivity contribution in [2.24, 2.45) is 0 Å². The largest absolute Gasteiger partial charge is 0.490 e. The van der Waals surface area contributed by atoms with Crippen LogP contribution in [-0.2, 0) is 11.2 Å². The van der Waals surface area contributed by atoms with Gasteiger partial charge in [0.2, 0.25) is 5.91 Å². The molecule has 0 aliphatic carbocycles. The first-order chi connectivity index (χ1) is 10.1. The number of aromatic amines is 1. The summed E-state index contributed by atoms with van der Waals surface area (Å²) in [6.07, 6.45) is 0.135. The monoisotopic (exact) mass is 285 g/mol. The second kappa shape index (κ2) is 5.40. The molecule has 2 aromatic rings. The Bertz CT molecular complexity index is 693. The number of H-pyrrole nitrogens is 1. The number of carbonyl (C=O) groups is 2. The van der Waals surface area contributed by atoms with Crippen LogP contribution in [0.15, 0.2) is 30.3 Å². The highest BCUT2D eigenvalue weighted by Gasteiger charge is 2.29. The minimum atomic E-state index is -0.646. The maximum absolute atomic E-state index is 12.3. The molecule has 0 saturated carbocycles. The first-order valence-electron chi connectivity index (χ1n) is 6.70. The molecule has 1 aliphatic heterocycles. The zero-order valence-corrected chi connectivity index (χ0v) is 11.6. The van der Waals surface area contributed by atoms with E-state index < -0.39 is 6.04 Å². The van der Waals surface area contributed by atoms with Gasteiger partial charge in [-0.05, 0) is 25.1 Å². The van der Waals surface area contributed by atoms with Crippen molar-refractivity contribution in [1.82, 2.24) is 15.5 Å². The van der Waals surface area contributed by atoms with Gasteiger partial charge in [0.15, 0.2) is 5.78 Å². The minimum absolute atomic E-state index is 0.122. The molecule has 3 rings (SSSR count). The molecule has 108 valence electrons. The highest BCUT2D eigenvalue weighted by atomic mass is 16.5. The number of rotatable bonds is 3. The number of carbonyl (C=O) groups excluding carboxylic acids is 2. The molecule has 2 N–H and O–H groups in total. The standard InChI is InChI=1S/C15H15N3O3/c1-9-6-10(18-17-9)7-14(19)16-12-8-21-13-5-3-2-4-11(13)15(12)20/h2-6,12H,7-8H2,1H3,(H,16,19)(H,17,18)/t12-/m0/s1. The number of para-hydroxylation sites is 1. The molecule has 21 heavy (non-hydrogen) atoms. The van der Waals surface area contributed by atoms with Crippen LogP contribution < -0.4 is 10.1 Å². The SMILES string of the molecule is Cc1cc(CC(=O)N[C@H]2COc3ccccc3C2=O)n[nH]1. The van der Waals surface area contributed by atoms with Crippen LogP contribution in [0.3, 0.4) is 0 Å². The summed E-state index contributed by atoms with van der Waals surface area (Å²) in [5.41, 5.74) is 2.04. The fourth-order valence-electron chi connectivity index (χ4n) is 2.31. The van der Waals surface area contributed by atoms with Crippen LogP contribution in [0.4, 0.5) is 0 Å². The van der Waals surface area contributed by atoms with Gasteiger partial charge in [0.1, 0.15) is 18.4 Å². The van der Waals surface area contributed by atoms with Gasteiger partial charge in [-0.25, -0.2) is 0 Å². The number of hydrogen-bond acceptors (Lipinski definition) is 4. The number of Topliss-reactive ketones (excluding diaryl/α,β-unsaturated/α-hetero) is 1. The first kappa shape index (κ1) is 13.4. The summed E-state index contributed by atoms with van der Waals surface area (Å²) in [4.78, 5) is 24.3. The Hall–Kier alpha value is -2.63. The van der Waals surface area contributed by atoms with Crippen LogP contribution in [-0.4, -0.2) is 34.5 Å². The van der Waals surface area contributed by atoms with E-state index in [1.807, 2.05) is 13.0 Å². The molecule has 0 fully saturated rings. The van der Waals surface area contributed by atoms with Gasteiger partial charge in [0.05, 0.1) is 17.7 Å². The lowest BCUT2D eigenvalue weighted by atomic mass is 10.0. The van der Waals surface area contributed by atoms with Gasteiger partial charge in [-0.1, -0.05) is 12.1 Å². The van der Waals surface area contributed by atoms with E-state index in [0.29, 0.717) is 17.0 Å². The van der Waals surface area contributed by atoms with E-state index in [-0.39, 0.29) is 24.7 Å². The number of nitrogens with zero attached hydrogens (tertiary/aromatic N) is 1. The van der Waals surface area contributed by atoms with Crippen molar-refractivity contribution in [2.75, 3.05) is 6.61 Å². The Kier molecular flexibility index (Phi) is 3.43. The Morgan fingerprint density at radius 1 is 1.48 bits per heavy atom. The van der Waals surface area contributed by atoms with Crippen LogP contribution in [0.1, 0.15) is 21.7 Å². The highest BCUT2D eigenvalue weighted by Crippen LogP contribution is 2.23. The fourth-order valence-corrected chi connectivity index (χ4v) is 2.31. The predicted molar refractivity (Wildman–Crippen MR) is 75.2 cm³/mol. The third-order valence-corrected chi connectivity index (χ3v) is 3.31. The van der Waals surface area contributed by atoms with Crippen LogP contribution >= 0.6 is 0 Å². The summed E-state index contributed by atoms with van der Waals surface area (Å²) in [7, 11) is 0. The maximum Gasteiger partial charge on any atom is 0.226 e. The van der Waals surface area contributed by atoms with Gasteiger partial charge >= 0.3 is 0 Å². The summed E-state index contributed by atoms with van der Waals surface area (Å²) < 4.78 is 5.50. The van der Waals surface area contributed by atoms with Gasteiger partial charge in [-0.15, -0.1) is 0 Å². The fraction of sp³-hybridized carbons (Fsp3) is 0.267. The van der Waals surface area contributed by atoms with Gasteiger partial charge < -0.3 is 10.1 Å². The van der Waals surface area contributed by atoms with E-state index in [4.69, 9.17) is 4.74 Å². The number of aromatic nitrogens is 2. The third-order valence-electron chi connectivity index (χ3n) is 3.31. The normalized spacial score (nSPS) is 17.0. The molecule has 0 spiro atoms. The number of amides is 1. The zero-order valence-electron chi connectivity index (χ0n) is 11.6. The average molecular weight is 285 g/mol. The lowest BCUT2D eigenvalue weighted by molar-refractivity contribution is -0.121. The zero-order chi connectivity index (χ0) is 14.8. The number of hydrogen-bond donors (Lipinski definition) is 2. The highest BCUT2D eigenvalue weighted by molar-refractivity contribution is 6.05. The Morgan fingerprint density at radius 2 is 2.29 bits per heavy atom. The lowest BCUT2D eigenvalue weighted by Gasteiger charge is -2.24. The second-order valence-electron chi connectivity index (χ2n) is 5.01. The molecule has 1 aliphatic rings. The van der Waals surface area contributed by atoms with Crippen LogP contribution in [0.2, 0.25) is 0 Å². The summed E-state index contributed by atoms with van der Waals surface area (Å²) >= 11 is 0. The number of benzene rings is 1. The van der Waals surface area contributed by atoms with Crippen molar-refractivity contribution in [3.8, 4) is 5.75 Å². The summed E-state index contributed by atoms with van der Waals surface area (Å²) in [5.74, 6) is 0.196. The van der Waals surface area contributed by atoms with Crippen LogP contribution in [0.5, 0.6) is 5.75 Å². The molecule has 2 heterocycles. The molecule has 0 radical (unpaired) electrons. The summed E-state index contributed by atoms with van der Waals surface area (Å²) in [5, 5.41) is 9.48. The van der Waals surface area contributed by atoms with Gasteiger partial charge in [-0.3, -0.25) is 14.7 Å². The molecule has 0 bridgehead atoms. The molecular formula is C15H15N3O3.